The highest BCUT2D eigenvalue weighted by atomic mass is 35.5. The van der Waals surface area contributed by atoms with Crippen LogP contribution < -0.4 is 9.47 Å². The number of hydrogen-bond donors (Lipinski definition) is 0. The summed E-state index contributed by atoms with van der Waals surface area (Å²) in [6.45, 7) is 5.38. The van der Waals surface area contributed by atoms with E-state index in [1.807, 2.05) is 11.8 Å². The standard InChI is InChI=1S/C18H22ClN3O4/c1-4-25-16-14(19)9-13(10-15(16)24-3)18(23)22-7-5-12(6-8-22)17-20-11(2)21-26-17/h9-10,12H,4-8H2,1-3H3. The van der Waals surface area contributed by atoms with Crippen molar-refractivity contribution in [3.63, 3.8) is 0 Å². The molecule has 0 unspecified atom stereocenters. The molecule has 0 atom stereocenters. The normalized spacial score (nSPS) is 15.2. The Morgan fingerprint density at radius 3 is 2.69 bits per heavy atom. The van der Waals surface area contributed by atoms with E-state index in [0.717, 1.165) is 12.8 Å². The first-order valence-corrected chi connectivity index (χ1v) is 9.01. The number of carbonyl (C=O) groups is 1. The molecule has 0 saturated carbocycles. The molecule has 0 N–H and O–H groups in total. The maximum absolute atomic E-state index is 12.9. The Kier molecular flexibility index (Phi) is 5.66. The zero-order chi connectivity index (χ0) is 18.7. The van der Waals surface area contributed by atoms with E-state index < -0.39 is 0 Å². The quantitative estimate of drug-likeness (QED) is 0.791. The lowest BCUT2D eigenvalue weighted by molar-refractivity contribution is 0.0704. The average molecular weight is 380 g/mol. The SMILES string of the molecule is CCOc1c(Cl)cc(C(=O)N2CCC(c3nc(C)no3)CC2)cc1OC. The predicted molar refractivity (Wildman–Crippen MR) is 96.1 cm³/mol. The zero-order valence-corrected chi connectivity index (χ0v) is 15.9. The highest BCUT2D eigenvalue weighted by Gasteiger charge is 2.28. The number of hydrogen-bond acceptors (Lipinski definition) is 6. The summed E-state index contributed by atoms with van der Waals surface area (Å²) in [5.41, 5.74) is 0.488. The molecule has 1 amide bonds. The summed E-state index contributed by atoms with van der Waals surface area (Å²) >= 11 is 6.28. The number of likely N-dealkylation sites (tertiary alicyclic amines) is 1. The highest BCUT2D eigenvalue weighted by molar-refractivity contribution is 6.32. The van der Waals surface area contributed by atoms with E-state index >= 15 is 0 Å². The molecule has 8 heteroatoms. The maximum Gasteiger partial charge on any atom is 0.254 e. The van der Waals surface area contributed by atoms with Gasteiger partial charge in [-0.25, -0.2) is 0 Å². The molecule has 2 aromatic rings. The summed E-state index contributed by atoms with van der Waals surface area (Å²) in [4.78, 5) is 19.0. The fourth-order valence-corrected chi connectivity index (χ4v) is 3.38. The summed E-state index contributed by atoms with van der Waals surface area (Å²) in [7, 11) is 1.53. The van der Waals surface area contributed by atoms with E-state index in [-0.39, 0.29) is 11.8 Å². The van der Waals surface area contributed by atoms with Gasteiger partial charge in [0.05, 0.1) is 18.7 Å². The van der Waals surface area contributed by atoms with Gasteiger partial charge in [-0.2, -0.15) is 4.98 Å². The van der Waals surface area contributed by atoms with Crippen molar-refractivity contribution in [2.45, 2.75) is 32.6 Å². The molecule has 1 aromatic carbocycles. The minimum Gasteiger partial charge on any atom is -0.493 e. The Bertz CT molecular complexity index is 785. The molecule has 140 valence electrons. The highest BCUT2D eigenvalue weighted by Crippen LogP contribution is 2.37. The number of methoxy groups -OCH3 is 1. The third-order valence-electron chi connectivity index (χ3n) is 4.44. The number of ether oxygens (including phenoxy) is 2. The van der Waals surface area contributed by atoms with Crippen molar-refractivity contribution in [2.24, 2.45) is 0 Å². The van der Waals surface area contributed by atoms with Crippen molar-refractivity contribution in [3.8, 4) is 11.5 Å². The van der Waals surface area contributed by atoms with Gasteiger partial charge in [-0.15, -0.1) is 0 Å². The molecule has 1 aromatic heterocycles. The molecule has 0 aliphatic carbocycles. The van der Waals surface area contributed by atoms with Crippen LogP contribution in [-0.4, -0.2) is 47.8 Å². The van der Waals surface area contributed by atoms with Gasteiger partial charge in [0.1, 0.15) is 0 Å². The van der Waals surface area contributed by atoms with Crippen LogP contribution in [0.25, 0.3) is 0 Å². The van der Waals surface area contributed by atoms with Crippen LogP contribution in [0.15, 0.2) is 16.7 Å². The minimum absolute atomic E-state index is 0.0755. The van der Waals surface area contributed by atoms with Crippen molar-refractivity contribution in [2.75, 3.05) is 26.8 Å². The lowest BCUT2D eigenvalue weighted by Gasteiger charge is -2.30. The molecule has 1 saturated heterocycles. The summed E-state index contributed by atoms with van der Waals surface area (Å²) in [5.74, 6) is 2.32. The molecule has 26 heavy (non-hydrogen) atoms. The largest absolute Gasteiger partial charge is 0.493 e. The number of benzene rings is 1. The number of halogens is 1. The molecule has 3 rings (SSSR count). The van der Waals surface area contributed by atoms with Gasteiger partial charge < -0.3 is 18.9 Å². The number of aryl methyl sites for hydroxylation is 1. The van der Waals surface area contributed by atoms with Crippen LogP contribution in [0.3, 0.4) is 0 Å². The molecule has 1 aliphatic rings. The second-order valence-corrected chi connectivity index (χ2v) is 6.58. The van der Waals surface area contributed by atoms with Crippen molar-refractivity contribution >= 4 is 17.5 Å². The lowest BCUT2D eigenvalue weighted by atomic mass is 9.96. The number of amides is 1. The van der Waals surface area contributed by atoms with E-state index in [4.69, 9.17) is 25.6 Å². The second kappa shape index (κ2) is 7.95. The van der Waals surface area contributed by atoms with Gasteiger partial charge in [0.15, 0.2) is 17.3 Å². The molecule has 1 fully saturated rings. The van der Waals surface area contributed by atoms with Crippen molar-refractivity contribution < 1.29 is 18.8 Å². The van der Waals surface area contributed by atoms with Gasteiger partial charge in [0.2, 0.25) is 5.89 Å². The van der Waals surface area contributed by atoms with Crippen LogP contribution in [-0.2, 0) is 0 Å². The van der Waals surface area contributed by atoms with E-state index in [1.165, 1.54) is 7.11 Å². The molecule has 1 aliphatic heterocycles. The number of rotatable bonds is 5. The number of nitrogens with zero attached hydrogens (tertiary/aromatic N) is 3. The third-order valence-corrected chi connectivity index (χ3v) is 4.72. The first kappa shape index (κ1) is 18.5. The second-order valence-electron chi connectivity index (χ2n) is 6.17. The van der Waals surface area contributed by atoms with Gasteiger partial charge in [-0.1, -0.05) is 16.8 Å². The molecule has 0 bridgehead atoms. The number of aromatic nitrogens is 2. The smallest absolute Gasteiger partial charge is 0.254 e. The summed E-state index contributed by atoms with van der Waals surface area (Å²) in [6, 6.07) is 3.30. The van der Waals surface area contributed by atoms with Crippen molar-refractivity contribution in [3.05, 3.63) is 34.4 Å². The van der Waals surface area contributed by atoms with Crippen LogP contribution in [0.2, 0.25) is 5.02 Å². The van der Waals surface area contributed by atoms with Crippen LogP contribution >= 0.6 is 11.6 Å². The Balaban J connectivity index is 1.71. The Labute approximate surface area is 157 Å². The van der Waals surface area contributed by atoms with Crippen LogP contribution in [0.4, 0.5) is 0 Å². The van der Waals surface area contributed by atoms with Gasteiger partial charge in [-0.3, -0.25) is 4.79 Å². The number of carbonyl (C=O) groups excluding carboxylic acids is 1. The van der Waals surface area contributed by atoms with Gasteiger partial charge in [0.25, 0.3) is 5.91 Å². The first-order chi connectivity index (χ1) is 12.5. The first-order valence-electron chi connectivity index (χ1n) is 8.63. The van der Waals surface area contributed by atoms with Gasteiger partial charge in [-0.05, 0) is 38.8 Å². The third kappa shape index (κ3) is 3.77. The van der Waals surface area contributed by atoms with Crippen LogP contribution in [0.1, 0.15) is 47.8 Å². The van der Waals surface area contributed by atoms with E-state index in [0.29, 0.717) is 53.5 Å². The van der Waals surface area contributed by atoms with Crippen molar-refractivity contribution in [1.82, 2.24) is 15.0 Å². The van der Waals surface area contributed by atoms with Gasteiger partial charge in [0, 0.05) is 24.6 Å². The summed E-state index contributed by atoms with van der Waals surface area (Å²) in [5, 5.41) is 4.21. The zero-order valence-electron chi connectivity index (χ0n) is 15.1. The maximum atomic E-state index is 12.9. The van der Waals surface area contributed by atoms with E-state index in [2.05, 4.69) is 10.1 Å². The molecule has 0 radical (unpaired) electrons. The monoisotopic (exact) mass is 379 g/mol. The molecule has 0 spiro atoms. The Morgan fingerprint density at radius 2 is 2.12 bits per heavy atom. The average Bonchev–Trinajstić information content (AvgIpc) is 3.09. The topological polar surface area (TPSA) is 77.7 Å². The fourth-order valence-electron chi connectivity index (χ4n) is 3.12. The molecule has 7 nitrogen and oxygen atoms in total. The Morgan fingerprint density at radius 1 is 1.38 bits per heavy atom. The van der Waals surface area contributed by atoms with Crippen molar-refractivity contribution in [1.29, 1.82) is 0 Å². The summed E-state index contributed by atoms with van der Waals surface area (Å²) < 4.78 is 16.1. The van der Waals surface area contributed by atoms with Gasteiger partial charge >= 0.3 is 0 Å². The van der Waals surface area contributed by atoms with E-state index in [9.17, 15) is 4.79 Å². The minimum atomic E-state index is -0.0755. The Hall–Kier alpha value is -2.28. The fraction of sp³-hybridized carbons (Fsp3) is 0.500. The predicted octanol–water partition coefficient (Wildman–Crippen LogP) is 3.46. The van der Waals surface area contributed by atoms with Crippen LogP contribution in [0, 0.1) is 6.92 Å². The molecular weight excluding hydrogens is 358 g/mol. The molecular formula is C18H22ClN3O4. The summed E-state index contributed by atoms with van der Waals surface area (Å²) in [6.07, 6.45) is 1.57. The number of piperidine rings is 1. The van der Waals surface area contributed by atoms with Crippen LogP contribution in [0.5, 0.6) is 11.5 Å². The lowest BCUT2D eigenvalue weighted by Crippen LogP contribution is -2.38. The molecule has 2 heterocycles. The van der Waals surface area contributed by atoms with E-state index in [1.54, 1.807) is 19.1 Å².